The van der Waals surface area contributed by atoms with Gasteiger partial charge in [0.05, 0.1) is 0 Å². The van der Waals surface area contributed by atoms with Crippen LogP contribution < -0.4 is 0 Å². The van der Waals surface area contributed by atoms with Gasteiger partial charge in [-0.25, -0.2) is 9.59 Å². The summed E-state index contributed by atoms with van der Waals surface area (Å²) in [7, 11) is 0. The van der Waals surface area contributed by atoms with Crippen molar-refractivity contribution in [2.24, 2.45) is 0 Å². The highest BCUT2D eigenvalue weighted by Gasteiger charge is 2.37. The van der Waals surface area contributed by atoms with E-state index in [0.29, 0.717) is 25.1 Å². The molecule has 0 N–H and O–H groups in total. The van der Waals surface area contributed by atoms with Gasteiger partial charge in [-0.2, -0.15) is 0 Å². The van der Waals surface area contributed by atoms with E-state index in [1.165, 1.54) is 4.90 Å². The van der Waals surface area contributed by atoms with Crippen LogP contribution in [0.5, 0.6) is 0 Å². The molecule has 0 bridgehead atoms. The Morgan fingerprint density at radius 1 is 1.33 bits per heavy atom. The van der Waals surface area contributed by atoms with Crippen molar-refractivity contribution in [2.45, 2.75) is 71.4 Å². The molecular weight excluding hydrogens is 270 g/mol. The number of amides is 1. The fourth-order valence-corrected chi connectivity index (χ4v) is 2.19. The van der Waals surface area contributed by atoms with Crippen LogP contribution in [0.2, 0.25) is 0 Å². The molecule has 0 aromatic rings. The highest BCUT2D eigenvalue weighted by atomic mass is 16.6. The van der Waals surface area contributed by atoms with E-state index in [1.54, 1.807) is 20.8 Å². The van der Waals surface area contributed by atoms with Crippen molar-refractivity contribution in [3.8, 4) is 0 Å². The Morgan fingerprint density at radius 2 is 2.00 bits per heavy atom. The standard InChI is InChI=1S/C16H27NO4/c1-6-7-9-12(2)20-14(18)13-10-8-11-17(13)15(19)21-16(3,4)5/h13H,2,6-11H2,1,3-5H3. The van der Waals surface area contributed by atoms with Gasteiger partial charge in [-0.15, -0.1) is 0 Å². The van der Waals surface area contributed by atoms with Gasteiger partial charge in [0.1, 0.15) is 17.4 Å². The highest BCUT2D eigenvalue weighted by molar-refractivity contribution is 5.82. The molecule has 1 aliphatic heterocycles. The first-order valence-corrected chi connectivity index (χ1v) is 7.63. The summed E-state index contributed by atoms with van der Waals surface area (Å²) < 4.78 is 10.6. The van der Waals surface area contributed by atoms with Crippen LogP contribution in [0.25, 0.3) is 0 Å². The minimum absolute atomic E-state index is 0.403. The van der Waals surface area contributed by atoms with Crippen LogP contribution in [0.15, 0.2) is 12.3 Å². The summed E-state index contributed by atoms with van der Waals surface area (Å²) in [4.78, 5) is 25.7. The molecule has 1 unspecified atom stereocenters. The van der Waals surface area contributed by atoms with Crippen molar-refractivity contribution in [3.05, 3.63) is 12.3 Å². The van der Waals surface area contributed by atoms with Gasteiger partial charge in [0.15, 0.2) is 0 Å². The van der Waals surface area contributed by atoms with E-state index in [9.17, 15) is 9.59 Å². The lowest BCUT2D eigenvalue weighted by Crippen LogP contribution is -2.43. The molecule has 0 spiro atoms. The smallest absolute Gasteiger partial charge is 0.411 e. The van der Waals surface area contributed by atoms with E-state index in [-0.39, 0.29) is 0 Å². The number of nitrogens with zero attached hydrogens (tertiary/aromatic N) is 1. The molecule has 1 heterocycles. The van der Waals surface area contributed by atoms with Crippen molar-refractivity contribution in [3.63, 3.8) is 0 Å². The van der Waals surface area contributed by atoms with Crippen molar-refractivity contribution in [2.75, 3.05) is 6.54 Å². The molecule has 21 heavy (non-hydrogen) atoms. The normalized spacial score (nSPS) is 18.5. The van der Waals surface area contributed by atoms with Gasteiger partial charge in [0.25, 0.3) is 0 Å². The molecule has 1 rings (SSSR count). The maximum Gasteiger partial charge on any atom is 0.411 e. The molecule has 1 aliphatic rings. The van der Waals surface area contributed by atoms with E-state index >= 15 is 0 Å². The molecule has 1 saturated heterocycles. The van der Waals surface area contributed by atoms with E-state index in [0.717, 1.165) is 19.3 Å². The van der Waals surface area contributed by atoms with Gasteiger partial charge in [0, 0.05) is 13.0 Å². The molecule has 1 atom stereocenters. The second kappa shape index (κ2) is 7.48. The van der Waals surface area contributed by atoms with Crippen LogP contribution >= 0.6 is 0 Å². The molecule has 0 aliphatic carbocycles. The summed E-state index contributed by atoms with van der Waals surface area (Å²) in [5.74, 6) is 0.0670. The molecule has 5 nitrogen and oxygen atoms in total. The first-order valence-electron chi connectivity index (χ1n) is 7.63. The zero-order valence-electron chi connectivity index (χ0n) is 13.6. The first-order chi connectivity index (χ1) is 9.74. The Morgan fingerprint density at radius 3 is 2.57 bits per heavy atom. The number of ether oxygens (including phenoxy) is 2. The van der Waals surface area contributed by atoms with Crippen LogP contribution in [0, 0.1) is 0 Å². The van der Waals surface area contributed by atoms with Gasteiger partial charge in [-0.05, 0) is 40.0 Å². The number of carbonyl (C=O) groups excluding carboxylic acids is 2. The number of hydrogen-bond donors (Lipinski definition) is 0. The van der Waals surface area contributed by atoms with Gasteiger partial charge >= 0.3 is 12.1 Å². The number of rotatable bonds is 5. The summed E-state index contributed by atoms with van der Waals surface area (Å²) in [6.07, 6.45) is 3.55. The summed E-state index contributed by atoms with van der Waals surface area (Å²) >= 11 is 0. The van der Waals surface area contributed by atoms with Crippen LogP contribution in [-0.2, 0) is 14.3 Å². The van der Waals surface area contributed by atoms with Crippen molar-refractivity contribution in [1.29, 1.82) is 0 Å². The summed E-state index contributed by atoms with van der Waals surface area (Å²) in [6, 6.07) is -0.557. The average molecular weight is 297 g/mol. The van der Waals surface area contributed by atoms with Crippen molar-refractivity contribution >= 4 is 12.1 Å². The average Bonchev–Trinajstić information content (AvgIpc) is 2.83. The van der Waals surface area contributed by atoms with Gasteiger partial charge in [-0.1, -0.05) is 19.9 Å². The number of allylic oxidation sites excluding steroid dienone is 1. The Kier molecular flexibility index (Phi) is 6.24. The number of esters is 1. The Bertz CT molecular complexity index is 398. The number of hydrogen-bond acceptors (Lipinski definition) is 4. The van der Waals surface area contributed by atoms with E-state index in [1.807, 2.05) is 0 Å². The fourth-order valence-electron chi connectivity index (χ4n) is 2.19. The van der Waals surface area contributed by atoms with Crippen LogP contribution in [0.4, 0.5) is 4.79 Å². The molecule has 1 amide bonds. The Labute approximate surface area is 127 Å². The van der Waals surface area contributed by atoms with Crippen molar-refractivity contribution < 1.29 is 19.1 Å². The fraction of sp³-hybridized carbons (Fsp3) is 0.750. The number of likely N-dealkylation sites (tertiary alicyclic amines) is 1. The van der Waals surface area contributed by atoms with Gasteiger partial charge in [-0.3, -0.25) is 4.90 Å². The lowest BCUT2D eigenvalue weighted by atomic mass is 10.2. The molecule has 5 heteroatoms. The third kappa shape index (κ3) is 5.78. The third-order valence-electron chi connectivity index (χ3n) is 3.21. The SMILES string of the molecule is C=C(CCCC)OC(=O)C1CCCN1C(=O)OC(C)(C)C. The molecule has 0 aromatic heterocycles. The monoisotopic (exact) mass is 297 g/mol. The molecule has 1 fully saturated rings. The molecule has 0 aromatic carbocycles. The predicted molar refractivity (Wildman–Crippen MR) is 80.7 cm³/mol. The van der Waals surface area contributed by atoms with Crippen LogP contribution in [0.1, 0.15) is 59.8 Å². The second-order valence-electron chi connectivity index (χ2n) is 6.40. The van der Waals surface area contributed by atoms with Crippen molar-refractivity contribution in [1.82, 2.24) is 4.90 Å². The highest BCUT2D eigenvalue weighted by Crippen LogP contribution is 2.23. The lowest BCUT2D eigenvalue weighted by molar-refractivity contribution is -0.144. The van der Waals surface area contributed by atoms with Gasteiger partial charge in [0.2, 0.25) is 0 Å². The third-order valence-corrected chi connectivity index (χ3v) is 3.21. The van der Waals surface area contributed by atoms with Crippen LogP contribution in [-0.4, -0.2) is 35.2 Å². The first kappa shape index (κ1) is 17.5. The van der Waals surface area contributed by atoms with E-state index in [4.69, 9.17) is 9.47 Å². The zero-order chi connectivity index (χ0) is 16.0. The second-order valence-corrected chi connectivity index (χ2v) is 6.40. The lowest BCUT2D eigenvalue weighted by Gasteiger charge is -2.27. The predicted octanol–water partition coefficient (Wildman–Crippen LogP) is 3.63. The Hall–Kier alpha value is -1.52. The molecule has 0 saturated carbocycles. The maximum absolute atomic E-state index is 12.2. The zero-order valence-corrected chi connectivity index (χ0v) is 13.6. The summed E-state index contributed by atoms with van der Waals surface area (Å²) in [6.45, 7) is 11.8. The molecular formula is C16H27NO4. The van der Waals surface area contributed by atoms with Gasteiger partial charge < -0.3 is 9.47 Å². The summed E-state index contributed by atoms with van der Waals surface area (Å²) in [5.41, 5.74) is -0.571. The minimum atomic E-state index is -0.571. The largest absolute Gasteiger partial charge is 0.444 e. The quantitative estimate of drug-likeness (QED) is 0.574. The Balaban J connectivity index is 2.58. The number of unbranched alkanes of at least 4 members (excludes halogenated alkanes) is 1. The summed E-state index contributed by atoms with van der Waals surface area (Å²) in [5, 5.41) is 0. The maximum atomic E-state index is 12.2. The van der Waals surface area contributed by atoms with E-state index < -0.39 is 23.7 Å². The number of carbonyl (C=O) groups is 2. The topological polar surface area (TPSA) is 55.8 Å². The molecule has 0 radical (unpaired) electrons. The molecule has 120 valence electrons. The van der Waals surface area contributed by atoms with Crippen LogP contribution in [0.3, 0.4) is 0 Å². The minimum Gasteiger partial charge on any atom is -0.444 e. The van der Waals surface area contributed by atoms with E-state index in [2.05, 4.69) is 13.5 Å².